The van der Waals surface area contributed by atoms with Crippen LogP contribution >= 0.6 is 0 Å². The smallest absolute Gasteiger partial charge is 0.326 e. The molecule has 2 rings (SSSR count). The zero-order valence-electron chi connectivity index (χ0n) is 10.1. The summed E-state index contributed by atoms with van der Waals surface area (Å²) in [4.78, 5) is 7.50. The van der Waals surface area contributed by atoms with Crippen LogP contribution < -0.4 is 10.6 Å². The predicted molar refractivity (Wildman–Crippen MR) is 68.4 cm³/mol. The average Bonchev–Trinajstić information content (AvgIpc) is 2.39. The van der Waals surface area contributed by atoms with Crippen molar-refractivity contribution in [3.63, 3.8) is 0 Å². The Bertz CT molecular complexity index is 598. The molecular formula is C12H10F3N5. The van der Waals surface area contributed by atoms with E-state index in [1.165, 1.54) is 36.8 Å². The van der Waals surface area contributed by atoms with E-state index in [-0.39, 0.29) is 11.6 Å². The molecule has 0 spiro atoms. The number of guanidine groups is 1. The zero-order chi connectivity index (χ0) is 14.6. The van der Waals surface area contributed by atoms with Gasteiger partial charge in [0.1, 0.15) is 12.1 Å². The predicted octanol–water partition coefficient (Wildman–Crippen LogP) is 2.95. The quantitative estimate of drug-likeness (QED) is 0.584. The molecule has 0 aliphatic heterocycles. The van der Waals surface area contributed by atoms with Crippen LogP contribution in [-0.4, -0.2) is 15.9 Å². The number of para-hydroxylation sites is 1. The van der Waals surface area contributed by atoms with Gasteiger partial charge in [0.05, 0.1) is 11.3 Å². The van der Waals surface area contributed by atoms with Gasteiger partial charge in [-0.05, 0) is 18.2 Å². The molecule has 1 heterocycles. The summed E-state index contributed by atoms with van der Waals surface area (Å²) in [5.41, 5.74) is -1.04. The molecule has 104 valence electrons. The molecule has 0 atom stereocenters. The van der Waals surface area contributed by atoms with Crippen LogP contribution in [0.4, 0.5) is 24.7 Å². The summed E-state index contributed by atoms with van der Waals surface area (Å²) in [5, 5.41) is 12.5. The van der Waals surface area contributed by atoms with Crippen molar-refractivity contribution in [3.8, 4) is 0 Å². The number of nitrogens with zero attached hydrogens (tertiary/aromatic N) is 2. The summed E-state index contributed by atoms with van der Waals surface area (Å²) in [6.07, 6.45) is -1.77. The SMILES string of the molecule is N=C(Nc1ccncn1)Nc1ccccc1C(F)(F)F. The molecule has 20 heavy (non-hydrogen) atoms. The maximum absolute atomic E-state index is 12.8. The van der Waals surface area contributed by atoms with Gasteiger partial charge in [0.25, 0.3) is 0 Å². The molecule has 2 aromatic rings. The van der Waals surface area contributed by atoms with Gasteiger partial charge in [-0.15, -0.1) is 0 Å². The lowest BCUT2D eigenvalue weighted by molar-refractivity contribution is -0.136. The van der Waals surface area contributed by atoms with Crippen LogP contribution in [0.3, 0.4) is 0 Å². The van der Waals surface area contributed by atoms with Gasteiger partial charge in [-0.3, -0.25) is 5.41 Å². The Kier molecular flexibility index (Phi) is 3.83. The molecule has 0 aliphatic rings. The van der Waals surface area contributed by atoms with Crippen LogP contribution in [0.15, 0.2) is 42.9 Å². The van der Waals surface area contributed by atoms with Gasteiger partial charge in [0.15, 0.2) is 5.96 Å². The number of aromatic nitrogens is 2. The van der Waals surface area contributed by atoms with Crippen LogP contribution in [0.5, 0.6) is 0 Å². The van der Waals surface area contributed by atoms with Crippen LogP contribution in [-0.2, 0) is 6.18 Å². The highest BCUT2D eigenvalue weighted by Gasteiger charge is 2.33. The van der Waals surface area contributed by atoms with Crippen molar-refractivity contribution in [2.45, 2.75) is 6.18 Å². The Morgan fingerprint density at radius 3 is 2.50 bits per heavy atom. The Morgan fingerprint density at radius 2 is 1.85 bits per heavy atom. The maximum Gasteiger partial charge on any atom is 0.418 e. The monoisotopic (exact) mass is 281 g/mol. The molecule has 0 radical (unpaired) electrons. The number of hydrogen-bond donors (Lipinski definition) is 3. The van der Waals surface area contributed by atoms with E-state index in [4.69, 9.17) is 5.41 Å². The summed E-state index contributed by atoms with van der Waals surface area (Å²) in [7, 11) is 0. The summed E-state index contributed by atoms with van der Waals surface area (Å²) >= 11 is 0. The fraction of sp³-hybridized carbons (Fsp3) is 0.0833. The summed E-state index contributed by atoms with van der Waals surface area (Å²) in [5.74, 6) is -0.0117. The summed E-state index contributed by atoms with van der Waals surface area (Å²) < 4.78 is 38.3. The van der Waals surface area contributed by atoms with E-state index in [1.807, 2.05) is 0 Å². The fourth-order valence-electron chi connectivity index (χ4n) is 1.50. The third-order valence-corrected chi connectivity index (χ3v) is 2.33. The van der Waals surface area contributed by atoms with E-state index in [0.29, 0.717) is 5.82 Å². The van der Waals surface area contributed by atoms with Crippen molar-refractivity contribution in [2.24, 2.45) is 0 Å². The Hall–Kier alpha value is -2.64. The first kappa shape index (κ1) is 13.8. The van der Waals surface area contributed by atoms with Crippen LogP contribution in [0, 0.1) is 5.41 Å². The van der Waals surface area contributed by atoms with E-state index in [2.05, 4.69) is 20.6 Å². The van der Waals surface area contributed by atoms with Crippen LogP contribution in [0.1, 0.15) is 5.56 Å². The highest BCUT2D eigenvalue weighted by Crippen LogP contribution is 2.34. The second-order valence-corrected chi connectivity index (χ2v) is 3.76. The number of anilines is 2. The third-order valence-electron chi connectivity index (χ3n) is 2.33. The second-order valence-electron chi connectivity index (χ2n) is 3.76. The largest absolute Gasteiger partial charge is 0.418 e. The number of benzene rings is 1. The molecule has 8 heteroatoms. The molecule has 3 N–H and O–H groups in total. The topological polar surface area (TPSA) is 73.7 Å². The minimum Gasteiger partial charge on any atom is -0.326 e. The van der Waals surface area contributed by atoms with Crippen molar-refractivity contribution >= 4 is 17.5 Å². The summed E-state index contributed by atoms with van der Waals surface area (Å²) in [6, 6.07) is 6.43. The third kappa shape index (κ3) is 3.44. The van der Waals surface area contributed by atoms with Gasteiger partial charge in [-0.1, -0.05) is 12.1 Å². The van der Waals surface area contributed by atoms with Gasteiger partial charge in [0, 0.05) is 6.20 Å². The van der Waals surface area contributed by atoms with E-state index in [0.717, 1.165) is 6.07 Å². The molecular weight excluding hydrogens is 271 g/mol. The first-order valence-electron chi connectivity index (χ1n) is 5.51. The number of nitrogens with one attached hydrogen (secondary N) is 3. The molecule has 0 saturated carbocycles. The molecule has 0 amide bonds. The Balaban J connectivity index is 2.13. The Morgan fingerprint density at radius 1 is 1.10 bits per heavy atom. The molecule has 5 nitrogen and oxygen atoms in total. The number of alkyl halides is 3. The molecule has 0 bridgehead atoms. The van der Waals surface area contributed by atoms with Crippen LogP contribution in [0.25, 0.3) is 0 Å². The van der Waals surface area contributed by atoms with Crippen LogP contribution in [0.2, 0.25) is 0 Å². The first-order chi connectivity index (χ1) is 9.47. The van der Waals surface area contributed by atoms with E-state index >= 15 is 0 Å². The first-order valence-corrected chi connectivity index (χ1v) is 5.51. The molecule has 0 fully saturated rings. The van der Waals surface area contributed by atoms with E-state index in [9.17, 15) is 13.2 Å². The van der Waals surface area contributed by atoms with Crippen molar-refractivity contribution in [2.75, 3.05) is 10.6 Å². The highest BCUT2D eigenvalue weighted by molar-refractivity contribution is 6.01. The molecule has 1 aromatic carbocycles. The molecule has 0 unspecified atom stereocenters. The van der Waals surface area contributed by atoms with Crippen molar-refractivity contribution < 1.29 is 13.2 Å². The molecule has 0 saturated heterocycles. The zero-order valence-corrected chi connectivity index (χ0v) is 10.1. The minimum atomic E-state index is -4.49. The molecule has 1 aromatic heterocycles. The summed E-state index contributed by atoms with van der Waals surface area (Å²) in [6.45, 7) is 0. The lowest BCUT2D eigenvalue weighted by Gasteiger charge is -2.15. The number of rotatable bonds is 2. The average molecular weight is 281 g/mol. The highest BCUT2D eigenvalue weighted by atomic mass is 19.4. The molecule has 0 aliphatic carbocycles. The normalized spacial score (nSPS) is 10.9. The maximum atomic E-state index is 12.8. The van der Waals surface area contributed by atoms with Gasteiger partial charge in [0.2, 0.25) is 0 Å². The van der Waals surface area contributed by atoms with Crippen molar-refractivity contribution in [1.82, 2.24) is 9.97 Å². The van der Waals surface area contributed by atoms with Gasteiger partial charge < -0.3 is 10.6 Å². The fourth-order valence-corrected chi connectivity index (χ4v) is 1.50. The van der Waals surface area contributed by atoms with E-state index < -0.39 is 11.7 Å². The number of halogens is 3. The Labute approximate surface area is 112 Å². The van der Waals surface area contributed by atoms with E-state index in [1.54, 1.807) is 0 Å². The van der Waals surface area contributed by atoms with Crippen molar-refractivity contribution in [3.05, 3.63) is 48.4 Å². The minimum absolute atomic E-state index is 0.202. The lowest BCUT2D eigenvalue weighted by Crippen LogP contribution is -2.23. The van der Waals surface area contributed by atoms with Gasteiger partial charge >= 0.3 is 6.18 Å². The van der Waals surface area contributed by atoms with Crippen molar-refractivity contribution in [1.29, 1.82) is 5.41 Å². The second kappa shape index (κ2) is 5.55. The van der Waals surface area contributed by atoms with Gasteiger partial charge in [-0.25, -0.2) is 9.97 Å². The lowest BCUT2D eigenvalue weighted by atomic mass is 10.1. The number of hydrogen-bond acceptors (Lipinski definition) is 3. The standard InChI is InChI=1S/C12H10F3N5/c13-12(14,15)8-3-1-2-4-9(8)19-11(16)20-10-5-6-17-7-18-10/h1-7H,(H3,16,17,18,19,20). The van der Waals surface area contributed by atoms with Gasteiger partial charge in [-0.2, -0.15) is 13.2 Å².